The Morgan fingerprint density at radius 2 is 1.12 bits per heavy atom. The van der Waals surface area contributed by atoms with E-state index in [1.165, 1.54) is 0 Å². The number of para-hydroxylation sites is 3. The second-order valence-electron chi connectivity index (χ2n) is 6.94. The average molecular weight is 438 g/mol. The van der Waals surface area contributed by atoms with E-state index in [2.05, 4.69) is 6.58 Å². The summed E-state index contributed by atoms with van der Waals surface area (Å²) in [6, 6.07) is 31.6. The summed E-state index contributed by atoms with van der Waals surface area (Å²) in [5.74, 6) is 2.52. The van der Waals surface area contributed by atoms with Gasteiger partial charge in [0, 0.05) is 11.6 Å². The van der Waals surface area contributed by atoms with Crippen molar-refractivity contribution in [3.05, 3.63) is 121 Å². The minimum absolute atomic E-state index is 0.0240. The van der Waals surface area contributed by atoms with Gasteiger partial charge in [-0.2, -0.15) is 0 Å². The van der Waals surface area contributed by atoms with Crippen molar-refractivity contribution >= 4 is 5.97 Å². The standard InChI is InChI=1S/C28H22O5/c1-2-26(29)30-20-21-18-19-25(31-22-12-6-3-7-13-22)28(33-24-16-10-5-11-17-24)27(21)32-23-14-8-4-9-15-23/h2-19H,1,20H2. The van der Waals surface area contributed by atoms with Gasteiger partial charge >= 0.3 is 5.97 Å². The van der Waals surface area contributed by atoms with Gasteiger partial charge < -0.3 is 18.9 Å². The van der Waals surface area contributed by atoms with Gasteiger partial charge in [-0.25, -0.2) is 4.79 Å². The molecule has 0 atom stereocenters. The second-order valence-corrected chi connectivity index (χ2v) is 6.94. The van der Waals surface area contributed by atoms with E-state index < -0.39 is 5.97 Å². The first-order valence-electron chi connectivity index (χ1n) is 10.4. The number of hydrogen-bond acceptors (Lipinski definition) is 5. The summed E-state index contributed by atoms with van der Waals surface area (Å²) in [6.45, 7) is 3.42. The summed E-state index contributed by atoms with van der Waals surface area (Å²) >= 11 is 0. The number of benzene rings is 4. The quantitative estimate of drug-likeness (QED) is 0.203. The fourth-order valence-corrected chi connectivity index (χ4v) is 3.02. The second kappa shape index (κ2) is 10.7. The third-order valence-electron chi connectivity index (χ3n) is 4.59. The highest BCUT2D eigenvalue weighted by Crippen LogP contribution is 2.46. The zero-order valence-electron chi connectivity index (χ0n) is 17.8. The SMILES string of the molecule is C=CC(=O)OCc1ccc(Oc2ccccc2)c(Oc2ccccc2)c1Oc1ccccc1. The maximum atomic E-state index is 11.7. The average Bonchev–Trinajstić information content (AvgIpc) is 2.87. The van der Waals surface area contributed by atoms with Gasteiger partial charge in [0.15, 0.2) is 11.5 Å². The van der Waals surface area contributed by atoms with Gasteiger partial charge in [0.2, 0.25) is 5.75 Å². The van der Waals surface area contributed by atoms with Gasteiger partial charge in [-0.1, -0.05) is 61.2 Å². The van der Waals surface area contributed by atoms with Crippen molar-refractivity contribution in [1.29, 1.82) is 0 Å². The van der Waals surface area contributed by atoms with Crippen molar-refractivity contribution in [1.82, 2.24) is 0 Å². The first-order chi connectivity index (χ1) is 16.2. The number of carbonyl (C=O) groups is 1. The molecule has 0 fully saturated rings. The van der Waals surface area contributed by atoms with Crippen LogP contribution in [0.25, 0.3) is 0 Å². The smallest absolute Gasteiger partial charge is 0.330 e. The molecule has 0 amide bonds. The van der Waals surface area contributed by atoms with Crippen molar-refractivity contribution in [2.24, 2.45) is 0 Å². The number of esters is 1. The molecule has 5 heteroatoms. The zero-order chi connectivity index (χ0) is 22.9. The Balaban J connectivity index is 1.80. The normalized spacial score (nSPS) is 10.2. The topological polar surface area (TPSA) is 54.0 Å². The van der Waals surface area contributed by atoms with Crippen molar-refractivity contribution in [2.45, 2.75) is 6.61 Å². The van der Waals surface area contributed by atoms with Crippen LogP contribution in [-0.2, 0) is 16.1 Å². The minimum atomic E-state index is -0.532. The number of carbonyl (C=O) groups excluding carboxylic acids is 1. The molecular formula is C28H22O5. The molecular weight excluding hydrogens is 416 g/mol. The minimum Gasteiger partial charge on any atom is -0.458 e. The van der Waals surface area contributed by atoms with Crippen LogP contribution in [0.5, 0.6) is 34.5 Å². The Kier molecular flexibility index (Phi) is 7.03. The van der Waals surface area contributed by atoms with E-state index in [1.54, 1.807) is 12.1 Å². The molecule has 0 aliphatic heterocycles. The molecule has 0 unspecified atom stereocenters. The van der Waals surface area contributed by atoms with Crippen molar-refractivity contribution in [2.75, 3.05) is 0 Å². The van der Waals surface area contributed by atoms with Gasteiger partial charge in [0.05, 0.1) is 0 Å². The van der Waals surface area contributed by atoms with Crippen LogP contribution in [0.4, 0.5) is 0 Å². The molecule has 0 bridgehead atoms. The first kappa shape index (κ1) is 21.7. The first-order valence-corrected chi connectivity index (χ1v) is 10.4. The summed E-state index contributed by atoms with van der Waals surface area (Å²) in [5, 5.41) is 0. The Labute approximate surface area is 192 Å². The van der Waals surface area contributed by atoms with Gasteiger partial charge in [-0.3, -0.25) is 0 Å². The highest BCUT2D eigenvalue weighted by molar-refractivity contribution is 5.81. The Hall–Kier alpha value is -4.51. The third kappa shape index (κ3) is 5.80. The maximum Gasteiger partial charge on any atom is 0.330 e. The number of hydrogen-bond donors (Lipinski definition) is 0. The van der Waals surface area contributed by atoms with Crippen LogP contribution in [0.3, 0.4) is 0 Å². The summed E-state index contributed by atoms with van der Waals surface area (Å²) in [6.07, 6.45) is 1.12. The molecule has 0 aliphatic carbocycles. The van der Waals surface area contributed by atoms with Crippen molar-refractivity contribution in [3.8, 4) is 34.5 Å². The lowest BCUT2D eigenvalue weighted by atomic mass is 10.1. The van der Waals surface area contributed by atoms with Crippen molar-refractivity contribution in [3.63, 3.8) is 0 Å². The molecule has 4 rings (SSSR count). The molecule has 4 aromatic carbocycles. The third-order valence-corrected chi connectivity index (χ3v) is 4.59. The number of ether oxygens (including phenoxy) is 4. The molecule has 5 nitrogen and oxygen atoms in total. The largest absolute Gasteiger partial charge is 0.458 e. The Morgan fingerprint density at radius 1 is 0.636 bits per heavy atom. The molecule has 0 radical (unpaired) electrons. The zero-order valence-corrected chi connectivity index (χ0v) is 17.8. The predicted octanol–water partition coefficient (Wildman–Crippen LogP) is 7.29. The van der Waals surface area contributed by atoms with Crippen LogP contribution in [0.1, 0.15) is 5.56 Å². The van der Waals surface area contributed by atoms with E-state index in [4.69, 9.17) is 18.9 Å². The fraction of sp³-hybridized carbons (Fsp3) is 0.0357. The Morgan fingerprint density at radius 3 is 1.64 bits per heavy atom. The van der Waals surface area contributed by atoms with E-state index in [1.807, 2.05) is 91.0 Å². The summed E-state index contributed by atoms with van der Waals surface area (Å²) in [5.41, 5.74) is 0.611. The predicted molar refractivity (Wildman–Crippen MR) is 126 cm³/mol. The van der Waals surface area contributed by atoms with Crippen LogP contribution >= 0.6 is 0 Å². The monoisotopic (exact) mass is 438 g/mol. The molecule has 33 heavy (non-hydrogen) atoms. The Bertz CT molecular complexity index is 1210. The van der Waals surface area contributed by atoms with Gasteiger partial charge in [0.1, 0.15) is 23.9 Å². The fourth-order valence-electron chi connectivity index (χ4n) is 3.02. The summed E-state index contributed by atoms with van der Waals surface area (Å²) in [7, 11) is 0. The van der Waals surface area contributed by atoms with E-state index in [0.717, 1.165) is 6.08 Å². The molecule has 0 saturated heterocycles. The van der Waals surface area contributed by atoms with Crippen LogP contribution < -0.4 is 14.2 Å². The molecule has 0 spiro atoms. The molecule has 164 valence electrons. The van der Waals surface area contributed by atoms with E-state index in [9.17, 15) is 4.79 Å². The number of rotatable bonds is 9. The van der Waals surface area contributed by atoms with Crippen molar-refractivity contribution < 1.29 is 23.7 Å². The van der Waals surface area contributed by atoms with Crippen LogP contribution in [-0.4, -0.2) is 5.97 Å². The van der Waals surface area contributed by atoms with E-state index >= 15 is 0 Å². The lowest BCUT2D eigenvalue weighted by Crippen LogP contribution is -2.03. The molecule has 0 saturated carbocycles. The summed E-state index contributed by atoms with van der Waals surface area (Å²) in [4.78, 5) is 11.7. The summed E-state index contributed by atoms with van der Waals surface area (Å²) < 4.78 is 23.9. The molecule has 0 heterocycles. The van der Waals surface area contributed by atoms with Crippen LogP contribution in [0, 0.1) is 0 Å². The lowest BCUT2D eigenvalue weighted by Gasteiger charge is -2.19. The highest BCUT2D eigenvalue weighted by Gasteiger charge is 2.21. The maximum absolute atomic E-state index is 11.7. The van der Waals surface area contributed by atoms with Gasteiger partial charge in [0.25, 0.3) is 0 Å². The van der Waals surface area contributed by atoms with Crippen LogP contribution in [0.15, 0.2) is 116 Å². The lowest BCUT2D eigenvalue weighted by molar-refractivity contribution is -0.139. The van der Waals surface area contributed by atoms with Gasteiger partial charge in [-0.15, -0.1) is 0 Å². The highest BCUT2D eigenvalue weighted by atomic mass is 16.6. The molecule has 0 aromatic heterocycles. The van der Waals surface area contributed by atoms with Gasteiger partial charge in [-0.05, 0) is 48.5 Å². The molecule has 0 N–H and O–H groups in total. The molecule has 0 aliphatic rings. The molecule has 4 aromatic rings. The van der Waals surface area contributed by atoms with E-state index in [0.29, 0.717) is 40.1 Å². The van der Waals surface area contributed by atoms with E-state index in [-0.39, 0.29) is 6.61 Å². The van der Waals surface area contributed by atoms with Crippen LogP contribution in [0.2, 0.25) is 0 Å².